The topological polar surface area (TPSA) is 73.8 Å². The number of aromatic hydroxyl groups is 1. The number of piperazine rings is 1. The van der Waals surface area contributed by atoms with E-state index in [0.29, 0.717) is 35.7 Å². The highest BCUT2D eigenvalue weighted by atomic mass is 19.1. The third-order valence-corrected chi connectivity index (χ3v) is 9.40. The first-order chi connectivity index (χ1) is 20.7. The van der Waals surface area contributed by atoms with Gasteiger partial charge in [0.1, 0.15) is 35.6 Å². The van der Waals surface area contributed by atoms with Gasteiger partial charge in [-0.3, -0.25) is 4.98 Å². The van der Waals surface area contributed by atoms with Crippen LogP contribution in [0.5, 0.6) is 11.6 Å². The van der Waals surface area contributed by atoms with Crippen molar-refractivity contribution in [2.45, 2.75) is 49.5 Å². The summed E-state index contributed by atoms with van der Waals surface area (Å²) in [6.07, 6.45) is 9.18. The lowest BCUT2D eigenvalue weighted by atomic mass is 9.75. The van der Waals surface area contributed by atoms with Crippen molar-refractivity contribution in [1.82, 2.24) is 20.2 Å². The number of phenolic OH excluding ortho intramolecular Hbond substituents is 1. The van der Waals surface area contributed by atoms with Crippen LogP contribution in [-0.2, 0) is 0 Å². The molecule has 2 unspecified atom stereocenters. The van der Waals surface area contributed by atoms with Gasteiger partial charge < -0.3 is 25.0 Å². The molecule has 2 aromatic heterocycles. The van der Waals surface area contributed by atoms with Crippen molar-refractivity contribution < 1.29 is 23.0 Å². The van der Waals surface area contributed by atoms with Crippen LogP contribution in [0.4, 0.5) is 18.9 Å². The van der Waals surface area contributed by atoms with Gasteiger partial charge >= 0.3 is 0 Å². The number of phenols is 1. The molecule has 2 bridgehead atoms. The molecule has 1 saturated carbocycles. The number of hydrogen-bond acceptors (Lipinski definition) is 7. The molecule has 0 spiro atoms. The number of nitrogens with zero attached hydrogens (tertiary/aromatic N) is 4. The smallest absolute Gasteiger partial charge is 0.216 e. The Kier molecular flexibility index (Phi) is 6.63. The fourth-order valence-electron chi connectivity index (χ4n) is 6.97. The van der Waals surface area contributed by atoms with Crippen LogP contribution in [-0.4, -0.2) is 77.6 Å². The van der Waals surface area contributed by atoms with Gasteiger partial charge in [0.2, 0.25) is 5.88 Å². The van der Waals surface area contributed by atoms with Crippen LogP contribution in [0.25, 0.3) is 32.9 Å². The maximum Gasteiger partial charge on any atom is 0.216 e. The number of pyridine rings is 2. The van der Waals surface area contributed by atoms with Crippen molar-refractivity contribution in [3.63, 3.8) is 0 Å². The molecule has 4 heterocycles. The number of benzene rings is 2. The molecule has 4 aromatic rings. The second-order valence-electron chi connectivity index (χ2n) is 12.3. The highest BCUT2D eigenvalue weighted by molar-refractivity contribution is 6.03. The maximum atomic E-state index is 16.7. The predicted octanol–water partition coefficient (Wildman–Crippen LogP) is 5.17. The van der Waals surface area contributed by atoms with Crippen molar-refractivity contribution in [2.24, 2.45) is 0 Å². The van der Waals surface area contributed by atoms with Crippen molar-refractivity contribution in [3.8, 4) is 35.2 Å². The van der Waals surface area contributed by atoms with Gasteiger partial charge in [-0.05, 0) is 50.5 Å². The number of nitrogens with one attached hydrogen (secondary N) is 1. The Labute approximate surface area is 247 Å². The zero-order valence-electron chi connectivity index (χ0n) is 24.0. The minimum absolute atomic E-state index is 0.0365. The van der Waals surface area contributed by atoms with Gasteiger partial charge in [-0.15, -0.1) is 6.42 Å². The molecule has 7 rings (SSSR count). The minimum atomic E-state index is -0.886. The van der Waals surface area contributed by atoms with E-state index in [4.69, 9.17) is 11.2 Å². The quantitative estimate of drug-likeness (QED) is 0.302. The molecule has 2 aromatic carbocycles. The number of likely N-dealkylation sites (N-methyl/N-ethyl adjacent to an activating group) is 1. The van der Waals surface area contributed by atoms with Gasteiger partial charge in [0.25, 0.3) is 0 Å². The summed E-state index contributed by atoms with van der Waals surface area (Å²) in [5.74, 6) is 1.09. The van der Waals surface area contributed by atoms with Crippen LogP contribution in [0.3, 0.4) is 0 Å². The van der Waals surface area contributed by atoms with E-state index >= 15 is 4.39 Å². The zero-order chi connectivity index (χ0) is 30.0. The second kappa shape index (κ2) is 10.3. The molecular weight excluding hydrogens is 555 g/mol. The number of terminal acetylenes is 1. The molecule has 2 N–H and O–H groups in total. The minimum Gasteiger partial charge on any atom is -0.508 e. The summed E-state index contributed by atoms with van der Waals surface area (Å²) in [5, 5.41) is 15.3. The Morgan fingerprint density at radius 1 is 1.16 bits per heavy atom. The first kappa shape index (κ1) is 27.7. The fraction of sp³-hybridized carbons (Fsp3) is 0.394. The largest absolute Gasteiger partial charge is 0.508 e. The third kappa shape index (κ3) is 4.62. The summed E-state index contributed by atoms with van der Waals surface area (Å²) in [4.78, 5) is 13.3. The average Bonchev–Trinajstić information content (AvgIpc) is 3.31. The molecule has 2 atom stereocenters. The van der Waals surface area contributed by atoms with E-state index in [-0.39, 0.29) is 46.0 Å². The molecular formula is C33H32F3N5O2. The van der Waals surface area contributed by atoms with E-state index in [2.05, 4.69) is 26.1 Å². The number of aromatic nitrogens is 2. The normalized spacial score (nSPS) is 24.9. The highest BCUT2D eigenvalue weighted by Crippen LogP contribution is 2.42. The summed E-state index contributed by atoms with van der Waals surface area (Å²) in [6, 6.07) is 7.95. The van der Waals surface area contributed by atoms with Gasteiger partial charge in [-0.2, -0.15) is 0 Å². The van der Waals surface area contributed by atoms with Crippen molar-refractivity contribution in [1.29, 1.82) is 0 Å². The van der Waals surface area contributed by atoms with Crippen molar-refractivity contribution in [2.75, 3.05) is 38.7 Å². The zero-order valence-corrected chi connectivity index (χ0v) is 24.0. The molecule has 2 aliphatic heterocycles. The average molecular weight is 588 g/mol. The Morgan fingerprint density at radius 2 is 1.91 bits per heavy atom. The van der Waals surface area contributed by atoms with Crippen LogP contribution >= 0.6 is 0 Å². The van der Waals surface area contributed by atoms with E-state index in [1.165, 1.54) is 24.3 Å². The number of halogens is 3. The molecule has 222 valence electrons. The molecule has 1 aliphatic carbocycles. The molecule has 3 aliphatic rings. The van der Waals surface area contributed by atoms with E-state index < -0.39 is 23.3 Å². The van der Waals surface area contributed by atoms with E-state index in [9.17, 15) is 13.9 Å². The molecule has 3 fully saturated rings. The molecule has 0 amide bonds. The van der Waals surface area contributed by atoms with Gasteiger partial charge in [0.05, 0.1) is 16.8 Å². The molecule has 10 heteroatoms. The van der Waals surface area contributed by atoms with Crippen LogP contribution in [0, 0.1) is 24.0 Å². The fourth-order valence-corrected chi connectivity index (χ4v) is 6.97. The number of anilines is 1. The van der Waals surface area contributed by atoms with Gasteiger partial charge in [0, 0.05) is 66.6 Å². The molecule has 2 saturated heterocycles. The van der Waals surface area contributed by atoms with Crippen LogP contribution in [0.15, 0.2) is 36.5 Å². The lowest BCUT2D eigenvalue weighted by Crippen LogP contribution is -2.59. The van der Waals surface area contributed by atoms with Gasteiger partial charge in [-0.1, -0.05) is 12.0 Å². The Hall–Kier alpha value is -4.07. The summed E-state index contributed by atoms with van der Waals surface area (Å²) < 4.78 is 51.6. The summed E-state index contributed by atoms with van der Waals surface area (Å²) in [5.41, 5.74) is 0.319. The third-order valence-electron chi connectivity index (χ3n) is 9.40. The van der Waals surface area contributed by atoms with Crippen molar-refractivity contribution >= 4 is 27.4 Å². The Morgan fingerprint density at radius 3 is 2.58 bits per heavy atom. The first-order valence-electron chi connectivity index (χ1n) is 14.5. The van der Waals surface area contributed by atoms with E-state index in [0.717, 1.165) is 31.6 Å². The number of rotatable bonds is 6. The monoisotopic (exact) mass is 587 g/mol. The lowest BCUT2D eigenvalue weighted by Gasteiger charge is -2.48. The Bertz CT molecular complexity index is 1790. The van der Waals surface area contributed by atoms with E-state index in [1.54, 1.807) is 6.20 Å². The second-order valence-corrected chi connectivity index (χ2v) is 12.3. The van der Waals surface area contributed by atoms with Crippen LogP contribution in [0.1, 0.15) is 31.2 Å². The number of ether oxygens (including phenoxy) is 1. The van der Waals surface area contributed by atoms with Crippen LogP contribution < -0.4 is 15.0 Å². The molecule has 0 radical (unpaired) electrons. The molecule has 7 nitrogen and oxygen atoms in total. The number of fused-ring (bicyclic) bond motifs is 4. The number of alkyl halides is 1. The summed E-state index contributed by atoms with van der Waals surface area (Å²) in [6.45, 7) is 1.68. The summed E-state index contributed by atoms with van der Waals surface area (Å²) >= 11 is 0. The summed E-state index contributed by atoms with van der Waals surface area (Å²) in [7, 11) is 3.80. The van der Waals surface area contributed by atoms with Crippen LogP contribution in [0.2, 0.25) is 0 Å². The van der Waals surface area contributed by atoms with Gasteiger partial charge in [-0.25, -0.2) is 18.2 Å². The lowest BCUT2D eigenvalue weighted by molar-refractivity contribution is -0.0420. The van der Waals surface area contributed by atoms with Crippen molar-refractivity contribution in [3.05, 3.63) is 53.7 Å². The predicted molar refractivity (Wildman–Crippen MR) is 160 cm³/mol. The highest BCUT2D eigenvalue weighted by Gasteiger charge is 2.47. The first-order valence-corrected chi connectivity index (χ1v) is 14.5. The SMILES string of the molecule is C#Cc1c(F)ccc2cc(O)cc(-c3ncc4c(N5CC6CCC(C5)N6)cc(OCC5(N(C)C)CC(F)C5)nc4c3F)c12. The standard InChI is InChI=1S/C33H32F3N5O2/c1-4-23-26(35)8-5-18-9-22(42)10-24(29(18)23)31-30(36)32-25(14-37-31)27(41-15-20-6-7-21(16-41)38-20)11-28(39-32)43-17-33(40(2)3)12-19(34)13-33/h1,5,8-11,14,19-21,38,42H,6-7,12-13,15-17H2,2-3H3. The Balaban J connectivity index is 1.39. The molecule has 43 heavy (non-hydrogen) atoms. The number of hydrogen-bond donors (Lipinski definition) is 2. The van der Waals surface area contributed by atoms with Gasteiger partial charge in [0.15, 0.2) is 5.82 Å². The van der Waals surface area contributed by atoms with E-state index in [1.807, 2.05) is 25.1 Å². The maximum absolute atomic E-state index is 16.7.